The van der Waals surface area contributed by atoms with Gasteiger partial charge in [-0.05, 0) is 38.5 Å². The lowest BCUT2D eigenvalue weighted by Gasteiger charge is -2.29. The van der Waals surface area contributed by atoms with Gasteiger partial charge in [-0.15, -0.1) is 0 Å². The van der Waals surface area contributed by atoms with Crippen LogP contribution in [0, 0.1) is 5.92 Å². The normalized spacial score (nSPS) is 23.2. The Kier molecular flexibility index (Phi) is 5.64. The maximum Gasteiger partial charge on any atom is 0.407 e. The first-order valence-corrected chi connectivity index (χ1v) is 10.5. The fourth-order valence-corrected chi connectivity index (χ4v) is 4.69. The second-order valence-corrected chi connectivity index (χ2v) is 8.08. The molecule has 0 saturated heterocycles. The number of carbonyl (C=O) groups excluding carboxylic acids is 1. The molecule has 0 spiro atoms. The van der Waals surface area contributed by atoms with E-state index >= 15 is 0 Å². The van der Waals surface area contributed by atoms with Gasteiger partial charge in [0.2, 0.25) is 0 Å². The SMILES string of the molecule is CCOC(=O)NC1CCCC(n2ncc3c(=O)[nH]c(CC4CCCC4)nc32)C1. The zero-order valence-corrected chi connectivity index (χ0v) is 16.4. The van der Waals surface area contributed by atoms with Gasteiger partial charge in [0.15, 0.2) is 5.65 Å². The van der Waals surface area contributed by atoms with Crippen LogP contribution in [0.3, 0.4) is 0 Å². The quantitative estimate of drug-likeness (QED) is 0.821. The van der Waals surface area contributed by atoms with Crippen LogP contribution in [0.4, 0.5) is 4.79 Å². The first-order chi connectivity index (χ1) is 13.6. The largest absolute Gasteiger partial charge is 0.450 e. The van der Waals surface area contributed by atoms with Crippen LogP contribution in [0.2, 0.25) is 0 Å². The topological polar surface area (TPSA) is 102 Å². The summed E-state index contributed by atoms with van der Waals surface area (Å²) in [5.74, 6) is 1.38. The number of fused-ring (bicyclic) bond motifs is 1. The summed E-state index contributed by atoms with van der Waals surface area (Å²) >= 11 is 0. The van der Waals surface area contributed by atoms with Gasteiger partial charge < -0.3 is 15.0 Å². The molecule has 2 N–H and O–H groups in total. The minimum Gasteiger partial charge on any atom is -0.450 e. The van der Waals surface area contributed by atoms with Gasteiger partial charge in [-0.3, -0.25) is 4.79 Å². The van der Waals surface area contributed by atoms with Crippen molar-refractivity contribution < 1.29 is 9.53 Å². The highest BCUT2D eigenvalue weighted by Gasteiger charge is 2.27. The highest BCUT2D eigenvalue weighted by Crippen LogP contribution is 2.30. The molecule has 8 heteroatoms. The second-order valence-electron chi connectivity index (χ2n) is 8.08. The minimum absolute atomic E-state index is 0.0528. The Morgan fingerprint density at radius 2 is 2.11 bits per heavy atom. The molecule has 0 bridgehead atoms. The number of amides is 1. The number of alkyl carbamates (subject to hydrolysis) is 1. The molecule has 4 rings (SSSR count). The first kappa shape index (κ1) is 19.0. The zero-order valence-electron chi connectivity index (χ0n) is 16.4. The fraction of sp³-hybridized carbons (Fsp3) is 0.700. The number of aromatic nitrogens is 4. The van der Waals surface area contributed by atoms with Crippen LogP contribution in [0.15, 0.2) is 11.0 Å². The van der Waals surface area contributed by atoms with Crippen LogP contribution in [-0.4, -0.2) is 38.5 Å². The van der Waals surface area contributed by atoms with Gasteiger partial charge in [0.25, 0.3) is 5.56 Å². The van der Waals surface area contributed by atoms with E-state index in [0.29, 0.717) is 23.6 Å². The van der Waals surface area contributed by atoms with E-state index in [9.17, 15) is 9.59 Å². The predicted octanol–water partition coefficient (Wildman–Crippen LogP) is 3.08. The molecule has 2 unspecified atom stereocenters. The van der Waals surface area contributed by atoms with Crippen molar-refractivity contribution in [2.45, 2.75) is 76.8 Å². The van der Waals surface area contributed by atoms with Crippen molar-refractivity contribution in [2.24, 2.45) is 5.92 Å². The predicted molar refractivity (Wildman–Crippen MR) is 105 cm³/mol. The number of carbonyl (C=O) groups is 1. The van der Waals surface area contributed by atoms with E-state index in [1.165, 1.54) is 25.7 Å². The van der Waals surface area contributed by atoms with Gasteiger partial charge in [0.05, 0.1) is 18.8 Å². The van der Waals surface area contributed by atoms with Crippen molar-refractivity contribution in [1.82, 2.24) is 25.1 Å². The molecule has 8 nitrogen and oxygen atoms in total. The van der Waals surface area contributed by atoms with Crippen LogP contribution >= 0.6 is 0 Å². The smallest absolute Gasteiger partial charge is 0.407 e. The van der Waals surface area contributed by atoms with E-state index in [0.717, 1.165) is 37.9 Å². The van der Waals surface area contributed by atoms with E-state index < -0.39 is 0 Å². The lowest BCUT2D eigenvalue weighted by atomic mass is 9.91. The van der Waals surface area contributed by atoms with Crippen molar-refractivity contribution in [1.29, 1.82) is 0 Å². The summed E-state index contributed by atoms with van der Waals surface area (Å²) in [4.78, 5) is 32.0. The first-order valence-electron chi connectivity index (χ1n) is 10.5. The van der Waals surface area contributed by atoms with Crippen LogP contribution < -0.4 is 10.9 Å². The highest BCUT2D eigenvalue weighted by molar-refractivity contribution is 5.73. The number of ether oxygens (including phenoxy) is 1. The Morgan fingerprint density at radius 1 is 1.29 bits per heavy atom. The molecule has 0 aromatic carbocycles. The van der Waals surface area contributed by atoms with Crippen LogP contribution in [0.5, 0.6) is 0 Å². The average Bonchev–Trinajstić information content (AvgIpc) is 3.32. The lowest BCUT2D eigenvalue weighted by Crippen LogP contribution is -2.39. The Balaban J connectivity index is 1.55. The molecule has 2 aliphatic rings. The van der Waals surface area contributed by atoms with E-state index in [1.807, 2.05) is 4.68 Å². The molecule has 1 amide bonds. The highest BCUT2D eigenvalue weighted by atomic mass is 16.5. The summed E-state index contributed by atoms with van der Waals surface area (Å²) in [6, 6.07) is 0.170. The number of nitrogens with zero attached hydrogens (tertiary/aromatic N) is 3. The van der Waals surface area contributed by atoms with E-state index in [-0.39, 0.29) is 23.7 Å². The second kappa shape index (κ2) is 8.32. The van der Waals surface area contributed by atoms with Crippen LogP contribution in [0.1, 0.15) is 70.2 Å². The van der Waals surface area contributed by atoms with Crippen molar-refractivity contribution >= 4 is 17.1 Å². The number of aromatic amines is 1. The monoisotopic (exact) mass is 387 g/mol. The number of H-pyrrole nitrogens is 1. The average molecular weight is 387 g/mol. The molecule has 0 aliphatic heterocycles. The molecule has 0 radical (unpaired) electrons. The van der Waals surface area contributed by atoms with Crippen LogP contribution in [0.25, 0.3) is 11.0 Å². The molecule has 2 fully saturated rings. The van der Waals surface area contributed by atoms with Crippen molar-refractivity contribution in [2.75, 3.05) is 6.61 Å². The van der Waals surface area contributed by atoms with Crippen LogP contribution in [-0.2, 0) is 11.2 Å². The molecule has 2 saturated carbocycles. The number of nitrogens with one attached hydrogen (secondary N) is 2. The maximum atomic E-state index is 12.5. The maximum absolute atomic E-state index is 12.5. The molecule has 2 aliphatic carbocycles. The third-order valence-electron chi connectivity index (χ3n) is 6.06. The third-order valence-corrected chi connectivity index (χ3v) is 6.06. The molecule has 2 aromatic heterocycles. The number of hydrogen-bond donors (Lipinski definition) is 2. The lowest BCUT2D eigenvalue weighted by molar-refractivity contribution is 0.142. The van der Waals surface area contributed by atoms with Gasteiger partial charge in [-0.25, -0.2) is 14.5 Å². The van der Waals surface area contributed by atoms with Gasteiger partial charge in [0, 0.05) is 12.5 Å². The van der Waals surface area contributed by atoms with Crippen molar-refractivity contribution in [3.63, 3.8) is 0 Å². The van der Waals surface area contributed by atoms with Crippen molar-refractivity contribution in [3.05, 3.63) is 22.4 Å². The summed E-state index contributed by atoms with van der Waals surface area (Å²) < 4.78 is 6.90. The Bertz CT molecular complexity index is 884. The van der Waals surface area contributed by atoms with Gasteiger partial charge in [0.1, 0.15) is 11.2 Å². The number of rotatable bonds is 5. The minimum atomic E-state index is -0.369. The standard InChI is InChI=1S/C20H29N5O3/c1-2-28-20(27)22-14-8-5-9-15(11-14)25-18-16(12-21-25)19(26)24-17(23-18)10-13-6-3-4-7-13/h12-15H,2-11H2,1H3,(H,22,27)(H,23,24,26). The summed E-state index contributed by atoms with van der Waals surface area (Å²) in [5.41, 5.74) is 0.555. The Morgan fingerprint density at radius 3 is 2.89 bits per heavy atom. The van der Waals surface area contributed by atoms with E-state index in [1.54, 1.807) is 13.1 Å². The summed E-state index contributed by atoms with van der Waals surface area (Å²) in [5, 5.41) is 7.97. The van der Waals surface area contributed by atoms with Gasteiger partial charge in [-0.2, -0.15) is 5.10 Å². The summed E-state index contributed by atoms with van der Waals surface area (Å²) in [6.07, 6.45) is 10.7. The zero-order chi connectivity index (χ0) is 19.5. The van der Waals surface area contributed by atoms with E-state index in [2.05, 4.69) is 15.4 Å². The third kappa shape index (κ3) is 4.05. The Hall–Kier alpha value is -2.38. The summed E-state index contributed by atoms with van der Waals surface area (Å²) in [6.45, 7) is 2.16. The van der Waals surface area contributed by atoms with Crippen molar-refractivity contribution in [3.8, 4) is 0 Å². The molecule has 2 aromatic rings. The molecule has 2 atom stereocenters. The molecule has 2 heterocycles. The van der Waals surface area contributed by atoms with E-state index in [4.69, 9.17) is 9.72 Å². The fourth-order valence-electron chi connectivity index (χ4n) is 4.69. The molecule has 28 heavy (non-hydrogen) atoms. The molecular weight excluding hydrogens is 358 g/mol. The van der Waals surface area contributed by atoms with Gasteiger partial charge >= 0.3 is 6.09 Å². The summed E-state index contributed by atoms with van der Waals surface area (Å²) in [7, 11) is 0. The number of hydrogen-bond acceptors (Lipinski definition) is 5. The molecular formula is C20H29N5O3. The van der Waals surface area contributed by atoms with Gasteiger partial charge in [-0.1, -0.05) is 25.7 Å². The molecule has 152 valence electrons. The Labute approximate surface area is 164 Å².